The Morgan fingerprint density at radius 2 is 2.75 bits per heavy atom. The van der Waals surface area contributed by atoms with E-state index >= 15 is 0 Å². The number of hydrogen-bond acceptors (Lipinski definition) is 3. The first-order valence-corrected chi connectivity index (χ1v) is 2.25. The van der Waals surface area contributed by atoms with Crippen LogP contribution in [0, 0.1) is 0 Å². The van der Waals surface area contributed by atoms with Gasteiger partial charge in [0.1, 0.15) is 0 Å². The zero-order chi connectivity index (χ0) is 5.82. The predicted molar refractivity (Wildman–Crippen MR) is 30.5 cm³/mol. The summed E-state index contributed by atoms with van der Waals surface area (Å²) < 4.78 is 4.57. The van der Waals surface area contributed by atoms with E-state index in [0.29, 0.717) is 20.0 Å². The van der Waals surface area contributed by atoms with Crippen LogP contribution in [0.3, 0.4) is 0 Å². The molecule has 41 valence electrons. The van der Waals surface area contributed by atoms with E-state index in [9.17, 15) is 0 Å². The number of nitrogens with zero attached hydrogens (tertiary/aromatic N) is 1. The standard InChI is InChI=1S/C4H5BNO2/c7-5-8-4-1-2-6-3-4/h1-2,7H,3H2. The fourth-order valence-corrected chi connectivity index (χ4v) is 0.475. The van der Waals surface area contributed by atoms with Gasteiger partial charge in [-0.15, -0.1) is 0 Å². The van der Waals surface area contributed by atoms with Gasteiger partial charge in [-0.05, 0) is 6.08 Å². The summed E-state index contributed by atoms with van der Waals surface area (Å²) >= 11 is 0. The molecule has 4 heteroatoms. The van der Waals surface area contributed by atoms with E-state index in [2.05, 4.69) is 9.65 Å². The molecule has 0 aromatic rings. The fourth-order valence-electron chi connectivity index (χ4n) is 0.475. The Bertz CT molecular complexity index is 132. The van der Waals surface area contributed by atoms with Crippen LogP contribution < -0.4 is 0 Å². The maximum atomic E-state index is 8.08. The van der Waals surface area contributed by atoms with Crippen LogP contribution in [0.4, 0.5) is 0 Å². The molecule has 0 bridgehead atoms. The quantitative estimate of drug-likeness (QED) is 0.486. The Morgan fingerprint density at radius 3 is 3.25 bits per heavy atom. The second-order valence-corrected chi connectivity index (χ2v) is 1.35. The molecule has 0 spiro atoms. The molecular weight excluding hydrogens is 105 g/mol. The van der Waals surface area contributed by atoms with Crippen molar-refractivity contribution in [1.82, 2.24) is 0 Å². The van der Waals surface area contributed by atoms with Gasteiger partial charge in [0.05, 0.1) is 12.3 Å². The summed E-state index contributed by atoms with van der Waals surface area (Å²) in [6.07, 6.45) is 3.34. The lowest BCUT2D eigenvalue weighted by atomic mass is 10.4. The van der Waals surface area contributed by atoms with Gasteiger partial charge in [-0.1, -0.05) is 0 Å². The van der Waals surface area contributed by atoms with E-state index in [4.69, 9.17) is 5.02 Å². The lowest BCUT2D eigenvalue weighted by Gasteiger charge is -1.96. The minimum absolute atomic E-state index is 0.539. The smallest absolute Gasteiger partial charge is 0.539 e. The van der Waals surface area contributed by atoms with E-state index in [1.807, 2.05) is 0 Å². The Balaban J connectivity index is 2.28. The second-order valence-electron chi connectivity index (χ2n) is 1.35. The molecule has 1 aliphatic rings. The zero-order valence-electron chi connectivity index (χ0n) is 4.24. The van der Waals surface area contributed by atoms with Crippen molar-refractivity contribution >= 4 is 13.9 Å². The Morgan fingerprint density at radius 1 is 1.88 bits per heavy atom. The molecule has 3 nitrogen and oxygen atoms in total. The molecule has 1 heterocycles. The molecule has 1 radical (unpaired) electrons. The average Bonchev–Trinajstić information content (AvgIpc) is 2.19. The van der Waals surface area contributed by atoms with Gasteiger partial charge in [0.15, 0.2) is 0 Å². The molecule has 0 fully saturated rings. The summed E-state index contributed by atoms with van der Waals surface area (Å²) in [5.74, 6) is 0.674. The summed E-state index contributed by atoms with van der Waals surface area (Å²) in [6, 6.07) is 0. The van der Waals surface area contributed by atoms with Crippen molar-refractivity contribution in [3.05, 3.63) is 11.8 Å². The zero-order valence-corrected chi connectivity index (χ0v) is 4.24. The van der Waals surface area contributed by atoms with Crippen LogP contribution in [0.25, 0.3) is 0 Å². The predicted octanol–water partition coefficient (Wildman–Crippen LogP) is -0.502. The number of rotatable bonds is 2. The number of hydrogen-bond donors (Lipinski definition) is 1. The van der Waals surface area contributed by atoms with Crippen molar-refractivity contribution in [2.24, 2.45) is 4.99 Å². The lowest BCUT2D eigenvalue weighted by Crippen LogP contribution is -1.97. The molecule has 0 saturated carbocycles. The summed E-state index contributed by atoms with van der Waals surface area (Å²) in [5.41, 5.74) is 0. The first-order valence-electron chi connectivity index (χ1n) is 2.25. The summed E-state index contributed by atoms with van der Waals surface area (Å²) in [7, 11) is 0.653. The van der Waals surface area contributed by atoms with Crippen LogP contribution >= 0.6 is 0 Å². The molecule has 1 N–H and O–H groups in total. The Kier molecular flexibility index (Phi) is 1.69. The molecule has 1 rings (SSSR count). The van der Waals surface area contributed by atoms with Gasteiger partial charge in [0, 0.05) is 6.21 Å². The van der Waals surface area contributed by atoms with Crippen LogP contribution in [0.1, 0.15) is 0 Å². The van der Waals surface area contributed by atoms with Gasteiger partial charge in [-0.3, -0.25) is 4.99 Å². The minimum Gasteiger partial charge on any atom is -0.539 e. The van der Waals surface area contributed by atoms with E-state index in [1.165, 1.54) is 0 Å². The third-order valence-corrected chi connectivity index (χ3v) is 0.817. The molecule has 1 aliphatic heterocycles. The monoisotopic (exact) mass is 110 g/mol. The van der Waals surface area contributed by atoms with Gasteiger partial charge in [-0.25, -0.2) is 0 Å². The van der Waals surface area contributed by atoms with E-state index in [-0.39, 0.29) is 0 Å². The summed E-state index contributed by atoms with van der Waals surface area (Å²) in [4.78, 5) is 3.81. The van der Waals surface area contributed by atoms with Crippen molar-refractivity contribution in [3.63, 3.8) is 0 Å². The maximum Gasteiger partial charge on any atom is 0.569 e. The summed E-state index contributed by atoms with van der Waals surface area (Å²) in [6.45, 7) is 0.539. The first kappa shape index (κ1) is 5.37. The van der Waals surface area contributed by atoms with Crippen LogP contribution in [-0.4, -0.2) is 25.5 Å². The Labute approximate surface area is 48.0 Å². The average molecular weight is 110 g/mol. The van der Waals surface area contributed by atoms with Crippen molar-refractivity contribution < 1.29 is 9.68 Å². The third kappa shape index (κ3) is 1.10. The molecule has 0 amide bonds. The molecule has 0 aromatic carbocycles. The minimum atomic E-state index is 0.539. The topological polar surface area (TPSA) is 41.8 Å². The normalized spacial score (nSPS) is 15.9. The number of allylic oxidation sites excluding steroid dienone is 1. The van der Waals surface area contributed by atoms with E-state index in [0.717, 1.165) is 0 Å². The SMILES string of the molecule is O[B]OC1=CC=NC1. The Hall–Kier alpha value is -0.765. The van der Waals surface area contributed by atoms with Crippen molar-refractivity contribution in [3.8, 4) is 0 Å². The lowest BCUT2D eigenvalue weighted by molar-refractivity contribution is 0.367. The number of aliphatic imine (C=N–C) groups is 1. The largest absolute Gasteiger partial charge is 0.569 e. The maximum absolute atomic E-state index is 8.08. The summed E-state index contributed by atoms with van der Waals surface area (Å²) in [5, 5.41) is 8.08. The van der Waals surface area contributed by atoms with Crippen molar-refractivity contribution in [2.45, 2.75) is 0 Å². The second kappa shape index (κ2) is 2.52. The van der Waals surface area contributed by atoms with E-state index < -0.39 is 0 Å². The highest BCUT2D eigenvalue weighted by Gasteiger charge is 1.99. The molecule has 0 saturated heterocycles. The highest BCUT2D eigenvalue weighted by molar-refractivity contribution is 6.16. The van der Waals surface area contributed by atoms with Crippen LogP contribution in [0.5, 0.6) is 0 Å². The highest BCUT2D eigenvalue weighted by atomic mass is 16.5. The molecule has 0 unspecified atom stereocenters. The van der Waals surface area contributed by atoms with Gasteiger partial charge in [-0.2, -0.15) is 0 Å². The van der Waals surface area contributed by atoms with Crippen molar-refractivity contribution in [1.29, 1.82) is 0 Å². The molecule has 0 aromatic heterocycles. The van der Waals surface area contributed by atoms with Gasteiger partial charge in [0.25, 0.3) is 0 Å². The van der Waals surface area contributed by atoms with Gasteiger partial charge < -0.3 is 9.68 Å². The molecule has 0 aliphatic carbocycles. The first-order chi connectivity index (χ1) is 3.93. The third-order valence-electron chi connectivity index (χ3n) is 0.817. The molecule has 0 atom stereocenters. The molecule has 8 heavy (non-hydrogen) atoms. The molecular formula is C4H5BNO2. The van der Waals surface area contributed by atoms with Crippen LogP contribution in [-0.2, 0) is 4.65 Å². The van der Waals surface area contributed by atoms with Gasteiger partial charge in [0.2, 0.25) is 0 Å². The fraction of sp³-hybridized carbons (Fsp3) is 0.250. The van der Waals surface area contributed by atoms with Crippen LogP contribution in [0.15, 0.2) is 16.8 Å². The highest BCUT2D eigenvalue weighted by Crippen LogP contribution is 1.99. The van der Waals surface area contributed by atoms with Crippen LogP contribution in [0.2, 0.25) is 0 Å². The van der Waals surface area contributed by atoms with E-state index in [1.54, 1.807) is 12.3 Å². The van der Waals surface area contributed by atoms with Crippen molar-refractivity contribution in [2.75, 3.05) is 6.54 Å². The van der Waals surface area contributed by atoms with Gasteiger partial charge >= 0.3 is 7.69 Å².